The van der Waals surface area contributed by atoms with Gasteiger partial charge in [-0.1, -0.05) is 48.9 Å². The highest BCUT2D eigenvalue weighted by Crippen LogP contribution is 2.33. The van der Waals surface area contributed by atoms with Crippen LogP contribution in [0.1, 0.15) is 24.9 Å². The van der Waals surface area contributed by atoms with Crippen LogP contribution < -0.4 is 10.5 Å². The van der Waals surface area contributed by atoms with Crippen LogP contribution in [0, 0.1) is 0 Å². The smallest absolute Gasteiger partial charge is 0.146 e. The number of ether oxygens (including phenoxy) is 1. The summed E-state index contributed by atoms with van der Waals surface area (Å²) in [5.74, 6) is 1.41. The third kappa shape index (κ3) is 2.84. The Bertz CT molecular complexity index is 527. The summed E-state index contributed by atoms with van der Waals surface area (Å²) < 4.78 is 5.85. The lowest BCUT2D eigenvalue weighted by Crippen LogP contribution is -2.09. The van der Waals surface area contributed by atoms with E-state index in [0.717, 1.165) is 17.7 Å². The minimum Gasteiger partial charge on any atom is -0.455 e. The molecule has 0 aromatic heterocycles. The Hall–Kier alpha value is -1.51. The maximum Gasteiger partial charge on any atom is 0.146 e. The van der Waals surface area contributed by atoms with Crippen molar-refractivity contribution in [3.8, 4) is 11.5 Å². The summed E-state index contributed by atoms with van der Waals surface area (Å²) in [6.07, 6.45) is 0.864. The molecule has 0 aliphatic rings. The Kier molecular flexibility index (Phi) is 4.24. The third-order valence-corrected chi connectivity index (χ3v) is 3.13. The second-order valence-corrected chi connectivity index (χ2v) is 4.49. The van der Waals surface area contributed by atoms with E-state index in [-0.39, 0.29) is 6.04 Å². The zero-order chi connectivity index (χ0) is 13.0. The Morgan fingerprint density at radius 3 is 2.33 bits per heavy atom. The molecule has 94 valence electrons. The Morgan fingerprint density at radius 2 is 1.67 bits per heavy atom. The molecule has 2 aromatic carbocycles. The molecule has 0 amide bonds. The zero-order valence-corrected chi connectivity index (χ0v) is 11.0. The molecule has 1 unspecified atom stereocenters. The van der Waals surface area contributed by atoms with E-state index < -0.39 is 0 Å². The minimum absolute atomic E-state index is 0.0244. The third-order valence-electron chi connectivity index (χ3n) is 2.81. The van der Waals surface area contributed by atoms with Gasteiger partial charge in [0.1, 0.15) is 11.5 Å². The van der Waals surface area contributed by atoms with Crippen molar-refractivity contribution in [1.29, 1.82) is 0 Å². The Labute approximate surface area is 112 Å². The molecule has 1 atom stereocenters. The maximum atomic E-state index is 6.08. The van der Waals surface area contributed by atoms with Crippen molar-refractivity contribution in [3.05, 3.63) is 59.1 Å². The van der Waals surface area contributed by atoms with E-state index >= 15 is 0 Å². The van der Waals surface area contributed by atoms with E-state index in [1.807, 2.05) is 42.5 Å². The summed E-state index contributed by atoms with van der Waals surface area (Å²) in [7, 11) is 0. The van der Waals surface area contributed by atoms with Gasteiger partial charge in [-0.05, 0) is 24.6 Å². The molecule has 0 radical (unpaired) electrons. The first kappa shape index (κ1) is 12.9. The largest absolute Gasteiger partial charge is 0.455 e. The molecule has 2 nitrogen and oxygen atoms in total. The summed E-state index contributed by atoms with van der Waals surface area (Å²) in [4.78, 5) is 0. The number of benzene rings is 2. The molecule has 0 fully saturated rings. The summed E-state index contributed by atoms with van der Waals surface area (Å²) in [6.45, 7) is 2.05. The lowest BCUT2D eigenvalue weighted by Gasteiger charge is -2.15. The van der Waals surface area contributed by atoms with Crippen LogP contribution >= 0.6 is 11.6 Å². The summed E-state index contributed by atoms with van der Waals surface area (Å²) in [5, 5.41) is 0.595. The fourth-order valence-corrected chi connectivity index (χ4v) is 1.92. The standard InChI is InChI=1S/C15H16ClNO/c1-2-13(17)11-7-3-5-9-14(11)18-15-10-6-4-8-12(15)16/h3-10,13H,2,17H2,1H3. The monoisotopic (exact) mass is 261 g/mol. The Morgan fingerprint density at radius 1 is 1.06 bits per heavy atom. The predicted molar refractivity (Wildman–Crippen MR) is 75.2 cm³/mol. The van der Waals surface area contributed by atoms with Gasteiger partial charge in [-0.15, -0.1) is 0 Å². The predicted octanol–water partition coefficient (Wildman–Crippen LogP) is 4.54. The minimum atomic E-state index is -0.0244. The molecule has 18 heavy (non-hydrogen) atoms. The van der Waals surface area contributed by atoms with Crippen molar-refractivity contribution in [2.45, 2.75) is 19.4 Å². The van der Waals surface area contributed by atoms with Crippen LogP contribution in [0.25, 0.3) is 0 Å². The molecule has 0 saturated heterocycles. The molecular weight excluding hydrogens is 246 g/mol. The van der Waals surface area contributed by atoms with Crippen molar-refractivity contribution in [3.63, 3.8) is 0 Å². The lowest BCUT2D eigenvalue weighted by atomic mass is 10.0. The molecule has 0 saturated carbocycles. The van der Waals surface area contributed by atoms with Crippen molar-refractivity contribution in [2.24, 2.45) is 5.73 Å². The molecule has 0 bridgehead atoms. The van der Waals surface area contributed by atoms with Gasteiger partial charge in [0.05, 0.1) is 5.02 Å². The molecule has 0 aliphatic heterocycles. The maximum absolute atomic E-state index is 6.08. The van der Waals surface area contributed by atoms with Crippen molar-refractivity contribution in [1.82, 2.24) is 0 Å². The van der Waals surface area contributed by atoms with Crippen LogP contribution in [0.2, 0.25) is 5.02 Å². The van der Waals surface area contributed by atoms with E-state index in [2.05, 4.69) is 6.92 Å². The average Bonchev–Trinajstić information content (AvgIpc) is 2.41. The second-order valence-electron chi connectivity index (χ2n) is 4.09. The molecule has 0 spiro atoms. The molecule has 2 N–H and O–H groups in total. The normalized spacial score (nSPS) is 12.2. The molecule has 2 aromatic rings. The van der Waals surface area contributed by atoms with Crippen LogP contribution in [-0.4, -0.2) is 0 Å². The molecule has 3 heteroatoms. The van der Waals surface area contributed by atoms with E-state index in [1.54, 1.807) is 6.07 Å². The topological polar surface area (TPSA) is 35.2 Å². The molecule has 0 aliphatic carbocycles. The van der Waals surface area contributed by atoms with Gasteiger partial charge < -0.3 is 10.5 Å². The number of halogens is 1. The number of rotatable bonds is 4. The van der Waals surface area contributed by atoms with Gasteiger partial charge >= 0.3 is 0 Å². The number of hydrogen-bond donors (Lipinski definition) is 1. The van der Waals surface area contributed by atoms with Crippen molar-refractivity contribution in [2.75, 3.05) is 0 Å². The van der Waals surface area contributed by atoms with Gasteiger partial charge in [-0.2, -0.15) is 0 Å². The van der Waals surface area contributed by atoms with Gasteiger partial charge in [0.15, 0.2) is 0 Å². The van der Waals surface area contributed by atoms with Gasteiger partial charge in [0.2, 0.25) is 0 Å². The first-order chi connectivity index (χ1) is 8.72. The van der Waals surface area contributed by atoms with E-state index in [9.17, 15) is 0 Å². The highest BCUT2D eigenvalue weighted by atomic mass is 35.5. The van der Waals surface area contributed by atoms with E-state index in [1.165, 1.54) is 0 Å². The summed E-state index contributed by atoms with van der Waals surface area (Å²) in [6, 6.07) is 15.2. The first-order valence-electron chi connectivity index (χ1n) is 5.99. The van der Waals surface area contributed by atoms with Gasteiger partial charge in [0.25, 0.3) is 0 Å². The van der Waals surface area contributed by atoms with Gasteiger partial charge in [-0.25, -0.2) is 0 Å². The second kappa shape index (κ2) is 5.89. The van der Waals surface area contributed by atoms with Crippen LogP contribution in [0.4, 0.5) is 0 Å². The van der Waals surface area contributed by atoms with E-state index in [0.29, 0.717) is 10.8 Å². The Balaban J connectivity index is 2.32. The number of hydrogen-bond acceptors (Lipinski definition) is 2. The number of nitrogens with two attached hydrogens (primary N) is 1. The quantitative estimate of drug-likeness (QED) is 0.877. The van der Waals surface area contributed by atoms with E-state index in [4.69, 9.17) is 22.1 Å². The van der Waals surface area contributed by atoms with Crippen LogP contribution in [0.15, 0.2) is 48.5 Å². The summed E-state index contributed by atoms with van der Waals surface area (Å²) in [5.41, 5.74) is 7.07. The average molecular weight is 262 g/mol. The van der Waals surface area contributed by atoms with Gasteiger partial charge in [0, 0.05) is 11.6 Å². The molecular formula is C15H16ClNO. The highest BCUT2D eigenvalue weighted by Gasteiger charge is 2.11. The lowest BCUT2D eigenvalue weighted by molar-refractivity contribution is 0.469. The zero-order valence-electron chi connectivity index (χ0n) is 10.3. The number of para-hydroxylation sites is 2. The van der Waals surface area contributed by atoms with Gasteiger partial charge in [-0.3, -0.25) is 0 Å². The van der Waals surface area contributed by atoms with Crippen LogP contribution in [0.3, 0.4) is 0 Å². The fraction of sp³-hybridized carbons (Fsp3) is 0.200. The van der Waals surface area contributed by atoms with Crippen molar-refractivity contribution >= 4 is 11.6 Å². The summed E-state index contributed by atoms with van der Waals surface area (Å²) >= 11 is 6.08. The highest BCUT2D eigenvalue weighted by molar-refractivity contribution is 6.32. The molecule has 0 heterocycles. The van der Waals surface area contributed by atoms with Crippen LogP contribution in [0.5, 0.6) is 11.5 Å². The van der Waals surface area contributed by atoms with Crippen LogP contribution in [-0.2, 0) is 0 Å². The first-order valence-corrected chi connectivity index (χ1v) is 6.37. The SMILES string of the molecule is CCC(N)c1ccccc1Oc1ccccc1Cl. The molecule has 2 rings (SSSR count). The fourth-order valence-electron chi connectivity index (χ4n) is 1.75. The van der Waals surface area contributed by atoms with Crippen molar-refractivity contribution < 1.29 is 4.74 Å².